The molecule has 0 radical (unpaired) electrons. The summed E-state index contributed by atoms with van der Waals surface area (Å²) in [5.74, 6) is -0.469. The van der Waals surface area contributed by atoms with Crippen molar-refractivity contribution in [3.05, 3.63) is 0 Å². The van der Waals surface area contributed by atoms with Gasteiger partial charge in [-0.05, 0) is 13.8 Å². The van der Waals surface area contributed by atoms with E-state index in [1.165, 1.54) is 11.8 Å². The van der Waals surface area contributed by atoms with Crippen molar-refractivity contribution < 1.29 is 18.0 Å². The van der Waals surface area contributed by atoms with Crippen molar-refractivity contribution in [2.75, 3.05) is 18.1 Å². The predicted octanol–water partition coefficient (Wildman–Crippen LogP) is -0.389. The van der Waals surface area contributed by atoms with E-state index in [0.717, 1.165) is 0 Å². The van der Waals surface area contributed by atoms with Crippen LogP contribution in [0.1, 0.15) is 20.3 Å². The minimum Gasteiger partial charge on any atom is -0.338 e. The highest BCUT2D eigenvalue weighted by Gasteiger charge is 2.31. The van der Waals surface area contributed by atoms with Gasteiger partial charge in [-0.1, -0.05) is 0 Å². The highest BCUT2D eigenvalue weighted by atomic mass is 32.2. The molecule has 1 aliphatic rings. The van der Waals surface area contributed by atoms with Gasteiger partial charge in [-0.3, -0.25) is 9.59 Å². The van der Waals surface area contributed by atoms with Crippen LogP contribution in [0.4, 0.5) is 0 Å². The van der Waals surface area contributed by atoms with Crippen molar-refractivity contribution in [1.29, 1.82) is 0 Å². The summed E-state index contributed by atoms with van der Waals surface area (Å²) in [6, 6.07) is -0.324. The number of Topliss-reactive ketones (excluding diaryl/α,β-unsaturated/α-hetero) is 1. The highest BCUT2D eigenvalue weighted by molar-refractivity contribution is 7.91. The van der Waals surface area contributed by atoms with E-state index in [-0.39, 0.29) is 42.2 Å². The summed E-state index contributed by atoms with van der Waals surface area (Å²) < 4.78 is 22.5. The fraction of sp³-hybridized carbons (Fsp3) is 0.778. The summed E-state index contributed by atoms with van der Waals surface area (Å²) in [5, 5.41) is 0. The Morgan fingerprint density at radius 3 is 2.47 bits per heavy atom. The maximum atomic E-state index is 11.5. The molecule has 5 nitrogen and oxygen atoms in total. The Hall–Kier alpha value is -0.910. The Bertz CT molecular complexity index is 374. The number of nitrogens with zero attached hydrogens (tertiary/aromatic N) is 1. The molecular weight excluding hydrogens is 218 g/mol. The van der Waals surface area contributed by atoms with Gasteiger partial charge in [0.15, 0.2) is 9.84 Å². The van der Waals surface area contributed by atoms with Crippen LogP contribution in [0.5, 0.6) is 0 Å². The number of carbonyl (C=O) groups is 2. The molecule has 0 saturated carbocycles. The minimum absolute atomic E-state index is 0.000977. The van der Waals surface area contributed by atoms with Crippen LogP contribution in [-0.2, 0) is 19.4 Å². The van der Waals surface area contributed by atoms with Gasteiger partial charge in [-0.2, -0.15) is 0 Å². The zero-order chi connectivity index (χ0) is 11.6. The van der Waals surface area contributed by atoms with Gasteiger partial charge in [0.2, 0.25) is 5.91 Å². The topological polar surface area (TPSA) is 71.5 Å². The van der Waals surface area contributed by atoms with Crippen molar-refractivity contribution in [3.63, 3.8) is 0 Å². The molecule has 1 fully saturated rings. The Kier molecular flexibility index (Phi) is 3.49. The molecule has 0 aliphatic carbocycles. The van der Waals surface area contributed by atoms with Gasteiger partial charge in [-0.25, -0.2) is 8.42 Å². The third-order valence-corrected chi connectivity index (χ3v) is 4.19. The maximum Gasteiger partial charge on any atom is 0.230 e. The molecule has 1 heterocycles. The molecule has 0 bridgehead atoms. The lowest BCUT2D eigenvalue weighted by Gasteiger charge is -2.32. The highest BCUT2D eigenvalue weighted by Crippen LogP contribution is 2.12. The van der Waals surface area contributed by atoms with Gasteiger partial charge in [0.05, 0.1) is 17.9 Å². The fourth-order valence-electron chi connectivity index (χ4n) is 1.68. The lowest BCUT2D eigenvalue weighted by Crippen LogP contribution is -2.50. The summed E-state index contributed by atoms with van der Waals surface area (Å²) in [7, 11) is -3.01. The first kappa shape index (κ1) is 12.2. The van der Waals surface area contributed by atoms with E-state index >= 15 is 0 Å². The number of hydrogen-bond acceptors (Lipinski definition) is 4. The van der Waals surface area contributed by atoms with Gasteiger partial charge >= 0.3 is 0 Å². The molecular formula is C9H15NO4S. The molecule has 0 N–H and O–H groups in total. The number of amides is 1. The van der Waals surface area contributed by atoms with Crippen molar-refractivity contribution in [1.82, 2.24) is 4.90 Å². The fourth-order valence-corrected chi connectivity index (χ4v) is 3.24. The van der Waals surface area contributed by atoms with Gasteiger partial charge in [0.25, 0.3) is 0 Å². The largest absolute Gasteiger partial charge is 0.338 e. The molecule has 1 aliphatic heterocycles. The Morgan fingerprint density at radius 1 is 1.40 bits per heavy atom. The number of carbonyl (C=O) groups excluding carboxylic acids is 2. The monoisotopic (exact) mass is 233 g/mol. The molecule has 15 heavy (non-hydrogen) atoms. The zero-order valence-electron chi connectivity index (χ0n) is 8.89. The summed E-state index contributed by atoms with van der Waals surface area (Å²) in [6.07, 6.45) is -0.135. The lowest BCUT2D eigenvalue weighted by atomic mass is 10.2. The second kappa shape index (κ2) is 4.30. The van der Waals surface area contributed by atoms with E-state index < -0.39 is 9.84 Å². The molecule has 0 aromatic carbocycles. The predicted molar refractivity (Wildman–Crippen MR) is 55.1 cm³/mol. The van der Waals surface area contributed by atoms with Gasteiger partial charge < -0.3 is 4.90 Å². The quantitative estimate of drug-likeness (QED) is 0.609. The van der Waals surface area contributed by atoms with Gasteiger partial charge in [0, 0.05) is 12.6 Å². The van der Waals surface area contributed by atoms with Crippen molar-refractivity contribution in [2.45, 2.75) is 26.3 Å². The molecule has 1 unspecified atom stereocenters. The summed E-state index contributed by atoms with van der Waals surface area (Å²) in [4.78, 5) is 23.8. The van der Waals surface area contributed by atoms with Crippen LogP contribution in [0.15, 0.2) is 0 Å². The van der Waals surface area contributed by atoms with Crippen LogP contribution in [0.25, 0.3) is 0 Å². The van der Waals surface area contributed by atoms with E-state index in [0.29, 0.717) is 0 Å². The van der Waals surface area contributed by atoms with Crippen LogP contribution < -0.4 is 0 Å². The minimum atomic E-state index is -3.01. The van der Waals surface area contributed by atoms with Gasteiger partial charge in [0.1, 0.15) is 5.78 Å². The molecule has 1 atom stereocenters. The lowest BCUT2D eigenvalue weighted by molar-refractivity contribution is -0.136. The molecule has 0 spiro atoms. The van der Waals surface area contributed by atoms with Crippen LogP contribution in [0, 0.1) is 0 Å². The third-order valence-electron chi connectivity index (χ3n) is 2.39. The van der Waals surface area contributed by atoms with Crippen LogP contribution in [0.2, 0.25) is 0 Å². The summed E-state index contributed by atoms with van der Waals surface area (Å²) in [6.45, 7) is 3.24. The smallest absolute Gasteiger partial charge is 0.230 e. The average molecular weight is 233 g/mol. The van der Waals surface area contributed by atoms with E-state index in [9.17, 15) is 18.0 Å². The Morgan fingerprint density at radius 2 is 2.00 bits per heavy atom. The van der Waals surface area contributed by atoms with Crippen LogP contribution >= 0.6 is 0 Å². The van der Waals surface area contributed by atoms with Crippen molar-refractivity contribution in [3.8, 4) is 0 Å². The zero-order valence-corrected chi connectivity index (χ0v) is 9.71. The number of rotatable bonds is 2. The Balaban J connectivity index is 2.66. The maximum absolute atomic E-state index is 11.5. The summed E-state index contributed by atoms with van der Waals surface area (Å²) >= 11 is 0. The first-order valence-corrected chi connectivity index (χ1v) is 6.63. The van der Waals surface area contributed by atoms with Crippen LogP contribution in [-0.4, -0.2) is 49.1 Å². The SMILES string of the molecule is CC(=O)CC(=O)N1CCS(=O)(=O)CC1C. The molecule has 6 heteroatoms. The standard InChI is InChI=1S/C9H15NO4S/c1-7-6-15(13,14)4-3-10(7)9(12)5-8(2)11/h7H,3-6H2,1-2H3. The van der Waals surface area contributed by atoms with E-state index in [1.807, 2.05) is 0 Å². The van der Waals surface area contributed by atoms with Crippen molar-refractivity contribution >= 4 is 21.5 Å². The number of hydrogen-bond donors (Lipinski definition) is 0. The normalized spacial score (nSPS) is 24.9. The van der Waals surface area contributed by atoms with E-state index in [4.69, 9.17) is 0 Å². The van der Waals surface area contributed by atoms with Crippen molar-refractivity contribution in [2.24, 2.45) is 0 Å². The van der Waals surface area contributed by atoms with E-state index in [1.54, 1.807) is 6.92 Å². The molecule has 1 rings (SSSR count). The molecule has 0 aromatic rings. The number of sulfone groups is 1. The first-order valence-electron chi connectivity index (χ1n) is 4.81. The van der Waals surface area contributed by atoms with E-state index in [2.05, 4.69) is 0 Å². The second-order valence-corrected chi connectivity index (χ2v) is 6.16. The second-order valence-electron chi connectivity index (χ2n) is 3.93. The average Bonchev–Trinajstić information content (AvgIpc) is 1.99. The summed E-state index contributed by atoms with van der Waals surface area (Å²) in [5.41, 5.74) is 0. The van der Waals surface area contributed by atoms with Crippen LogP contribution in [0.3, 0.4) is 0 Å². The number of ketones is 1. The van der Waals surface area contributed by atoms with Gasteiger partial charge in [-0.15, -0.1) is 0 Å². The molecule has 1 amide bonds. The molecule has 1 saturated heterocycles. The third kappa shape index (κ3) is 3.30. The first-order chi connectivity index (χ1) is 6.82. The molecule has 0 aromatic heterocycles. The molecule has 86 valence electrons. The Labute approximate surface area is 89.4 Å².